The summed E-state index contributed by atoms with van der Waals surface area (Å²) in [6, 6.07) is -0.480. The minimum absolute atomic E-state index is 0.0416. The molecule has 6 nitrogen and oxygen atoms in total. The van der Waals surface area contributed by atoms with E-state index in [1.165, 1.54) is 5.01 Å². The predicted molar refractivity (Wildman–Crippen MR) is 71.6 cm³/mol. The number of nitro groups is 1. The second kappa shape index (κ2) is 6.70. The Labute approximate surface area is 112 Å². The highest BCUT2D eigenvalue weighted by atomic mass is 35.5. The molecule has 0 aromatic rings. The lowest BCUT2D eigenvalue weighted by Crippen LogP contribution is -2.49. The predicted octanol–water partition coefficient (Wildman–Crippen LogP) is 2.62. The maximum absolute atomic E-state index is 11.1. The van der Waals surface area contributed by atoms with Crippen molar-refractivity contribution < 1.29 is 4.92 Å². The Balaban J connectivity index is 2.96. The average Bonchev–Trinajstić information content (AvgIpc) is 2.32. The van der Waals surface area contributed by atoms with Gasteiger partial charge in [0.25, 0.3) is 0 Å². The standard InChI is InChI=1S/C11H19ClN4O2/c1-3-5-6-7-8-10(16(17)18)11(12)14-9(4-2)15(8)13/h8H,3-7,13H2,1-2H3. The van der Waals surface area contributed by atoms with Gasteiger partial charge in [0.2, 0.25) is 5.16 Å². The van der Waals surface area contributed by atoms with Crippen LogP contribution in [0.25, 0.3) is 0 Å². The molecule has 1 aliphatic heterocycles. The number of rotatable bonds is 6. The molecule has 0 radical (unpaired) electrons. The quantitative estimate of drug-likeness (QED) is 0.265. The van der Waals surface area contributed by atoms with Crippen LogP contribution in [0.2, 0.25) is 0 Å². The van der Waals surface area contributed by atoms with Crippen LogP contribution in [0.4, 0.5) is 0 Å². The number of halogens is 1. The fraction of sp³-hybridized carbons (Fsp3) is 0.727. The highest BCUT2D eigenvalue weighted by Gasteiger charge is 2.37. The first kappa shape index (κ1) is 14.9. The minimum atomic E-state index is -0.480. The molecule has 1 aliphatic rings. The van der Waals surface area contributed by atoms with Gasteiger partial charge < -0.3 is 0 Å². The molecule has 18 heavy (non-hydrogen) atoms. The van der Waals surface area contributed by atoms with E-state index in [1.54, 1.807) is 0 Å². The van der Waals surface area contributed by atoms with Crippen molar-refractivity contribution >= 4 is 17.4 Å². The Bertz CT molecular complexity index is 381. The largest absolute Gasteiger partial charge is 0.307 e. The molecule has 0 aromatic carbocycles. The maximum Gasteiger partial charge on any atom is 0.307 e. The van der Waals surface area contributed by atoms with Crippen molar-refractivity contribution in [3.05, 3.63) is 21.0 Å². The highest BCUT2D eigenvalue weighted by Crippen LogP contribution is 2.27. The zero-order valence-corrected chi connectivity index (χ0v) is 11.5. The van der Waals surface area contributed by atoms with Gasteiger partial charge in [0.05, 0.1) is 4.92 Å². The maximum atomic E-state index is 11.1. The lowest BCUT2D eigenvalue weighted by molar-refractivity contribution is -0.433. The Hall–Kier alpha value is -1.14. The van der Waals surface area contributed by atoms with Crippen LogP contribution in [0.1, 0.15) is 46.0 Å². The molecule has 1 rings (SSSR count). The molecule has 1 atom stereocenters. The second-order valence-electron chi connectivity index (χ2n) is 4.23. The number of hydrogen-bond acceptors (Lipinski definition) is 5. The fourth-order valence-electron chi connectivity index (χ4n) is 2.00. The molecule has 0 amide bonds. The van der Waals surface area contributed by atoms with Gasteiger partial charge in [-0.3, -0.25) is 15.1 Å². The van der Waals surface area contributed by atoms with E-state index in [4.69, 9.17) is 17.4 Å². The van der Waals surface area contributed by atoms with E-state index in [-0.39, 0.29) is 10.9 Å². The van der Waals surface area contributed by atoms with Crippen LogP contribution in [-0.2, 0) is 0 Å². The summed E-state index contributed by atoms with van der Waals surface area (Å²) >= 11 is 5.89. The molecule has 102 valence electrons. The van der Waals surface area contributed by atoms with Crippen LogP contribution >= 0.6 is 11.6 Å². The van der Waals surface area contributed by atoms with Crippen LogP contribution in [0, 0.1) is 10.1 Å². The fourth-order valence-corrected chi connectivity index (χ4v) is 2.29. The highest BCUT2D eigenvalue weighted by molar-refractivity contribution is 6.30. The molecule has 0 fully saturated rings. The van der Waals surface area contributed by atoms with Gasteiger partial charge in [0.15, 0.2) is 0 Å². The second-order valence-corrected chi connectivity index (χ2v) is 4.59. The Kier molecular flexibility index (Phi) is 5.55. The Morgan fingerprint density at radius 3 is 2.67 bits per heavy atom. The van der Waals surface area contributed by atoms with Gasteiger partial charge in [0.1, 0.15) is 11.9 Å². The van der Waals surface area contributed by atoms with Crippen molar-refractivity contribution in [2.24, 2.45) is 10.8 Å². The molecule has 1 unspecified atom stereocenters. The monoisotopic (exact) mass is 274 g/mol. The molecule has 0 spiro atoms. The van der Waals surface area contributed by atoms with Crippen LogP contribution in [-0.4, -0.2) is 21.8 Å². The van der Waals surface area contributed by atoms with Crippen molar-refractivity contribution in [3.63, 3.8) is 0 Å². The van der Waals surface area contributed by atoms with Crippen molar-refractivity contribution in [2.75, 3.05) is 0 Å². The summed E-state index contributed by atoms with van der Waals surface area (Å²) in [7, 11) is 0. The van der Waals surface area contributed by atoms with E-state index >= 15 is 0 Å². The van der Waals surface area contributed by atoms with Gasteiger partial charge in [-0.25, -0.2) is 10.8 Å². The third-order valence-corrected chi connectivity index (χ3v) is 3.26. The molecule has 7 heteroatoms. The summed E-state index contributed by atoms with van der Waals surface area (Å²) in [6.07, 6.45) is 4.17. The number of hydrazine groups is 1. The van der Waals surface area contributed by atoms with Crippen molar-refractivity contribution in [1.82, 2.24) is 5.01 Å². The van der Waals surface area contributed by atoms with E-state index in [1.807, 2.05) is 6.92 Å². The molecular formula is C11H19ClN4O2. The van der Waals surface area contributed by atoms with Crippen molar-refractivity contribution in [2.45, 2.75) is 52.0 Å². The van der Waals surface area contributed by atoms with E-state index in [9.17, 15) is 10.1 Å². The third kappa shape index (κ3) is 3.20. The van der Waals surface area contributed by atoms with Gasteiger partial charge in [-0.2, -0.15) is 0 Å². The summed E-state index contributed by atoms with van der Waals surface area (Å²) in [5.41, 5.74) is -0.0903. The van der Waals surface area contributed by atoms with E-state index in [0.717, 1.165) is 19.3 Å². The van der Waals surface area contributed by atoms with Gasteiger partial charge >= 0.3 is 5.70 Å². The Morgan fingerprint density at radius 2 is 2.17 bits per heavy atom. The van der Waals surface area contributed by atoms with Gasteiger partial charge in [0, 0.05) is 6.42 Å². The summed E-state index contributed by atoms with van der Waals surface area (Å²) in [4.78, 5) is 14.6. The average molecular weight is 275 g/mol. The molecule has 0 saturated heterocycles. The zero-order chi connectivity index (χ0) is 13.7. The first-order valence-electron chi connectivity index (χ1n) is 6.18. The summed E-state index contributed by atoms with van der Waals surface area (Å²) in [5, 5.41) is 12.4. The number of nitrogens with zero attached hydrogens (tertiary/aromatic N) is 3. The van der Waals surface area contributed by atoms with E-state index in [2.05, 4.69) is 11.9 Å². The normalized spacial score (nSPS) is 20.1. The summed E-state index contributed by atoms with van der Waals surface area (Å²) in [5.74, 6) is 6.50. The van der Waals surface area contributed by atoms with Crippen LogP contribution in [0.15, 0.2) is 15.8 Å². The molecule has 2 N–H and O–H groups in total. The van der Waals surface area contributed by atoms with E-state index in [0.29, 0.717) is 18.7 Å². The molecule has 1 heterocycles. The van der Waals surface area contributed by atoms with Crippen LogP contribution in [0.5, 0.6) is 0 Å². The summed E-state index contributed by atoms with van der Waals surface area (Å²) < 4.78 is 0. The number of hydrogen-bond donors (Lipinski definition) is 1. The topological polar surface area (TPSA) is 84.8 Å². The van der Waals surface area contributed by atoms with Crippen molar-refractivity contribution in [3.8, 4) is 0 Å². The lowest BCUT2D eigenvalue weighted by atomic mass is 10.0. The lowest BCUT2D eigenvalue weighted by Gasteiger charge is -2.30. The summed E-state index contributed by atoms with van der Waals surface area (Å²) in [6.45, 7) is 3.97. The minimum Gasteiger partial charge on any atom is -0.284 e. The van der Waals surface area contributed by atoms with Crippen LogP contribution < -0.4 is 5.84 Å². The van der Waals surface area contributed by atoms with Gasteiger partial charge in [-0.15, -0.1) is 0 Å². The number of nitrogens with two attached hydrogens (primary N) is 1. The van der Waals surface area contributed by atoms with Crippen molar-refractivity contribution in [1.29, 1.82) is 0 Å². The van der Waals surface area contributed by atoms with Gasteiger partial charge in [-0.1, -0.05) is 44.7 Å². The zero-order valence-electron chi connectivity index (χ0n) is 10.7. The number of unbranched alkanes of at least 4 members (excludes halogenated alkanes) is 2. The molecule has 0 aliphatic carbocycles. The van der Waals surface area contributed by atoms with Crippen LogP contribution in [0.3, 0.4) is 0 Å². The third-order valence-electron chi connectivity index (χ3n) is 2.98. The Morgan fingerprint density at radius 1 is 1.50 bits per heavy atom. The van der Waals surface area contributed by atoms with E-state index < -0.39 is 11.0 Å². The van der Waals surface area contributed by atoms with Gasteiger partial charge in [-0.05, 0) is 6.42 Å². The smallest absolute Gasteiger partial charge is 0.284 e. The molecule has 0 saturated carbocycles. The first-order chi connectivity index (χ1) is 8.52. The molecule has 0 aromatic heterocycles. The number of aliphatic imine (C=N–C) groups is 1. The number of amidine groups is 1. The first-order valence-corrected chi connectivity index (χ1v) is 6.56. The molecular weight excluding hydrogens is 256 g/mol. The molecule has 0 bridgehead atoms. The SMILES string of the molecule is CCCCCC1C([N+](=O)[O-])=C(Cl)N=C(CC)N1N.